The summed E-state index contributed by atoms with van der Waals surface area (Å²) in [7, 11) is 0. The molecule has 2 aliphatic heterocycles. The first-order valence-electron chi connectivity index (χ1n) is 8.49. The Bertz CT molecular complexity index is 758. The lowest BCUT2D eigenvalue weighted by Crippen LogP contribution is -2.38. The Kier molecular flexibility index (Phi) is 3.88. The molecule has 0 spiro atoms. The van der Waals surface area contributed by atoms with Gasteiger partial charge in [0.15, 0.2) is 0 Å². The van der Waals surface area contributed by atoms with Gasteiger partial charge in [0.2, 0.25) is 5.91 Å². The van der Waals surface area contributed by atoms with Crippen molar-refractivity contribution in [2.75, 3.05) is 18.0 Å². The molecule has 0 aromatic carbocycles. The number of aryl methyl sites for hydroxylation is 2. The highest BCUT2D eigenvalue weighted by Gasteiger charge is 2.30. The van der Waals surface area contributed by atoms with E-state index in [9.17, 15) is 4.79 Å². The number of amides is 1. The molecular weight excluding hydrogens is 302 g/mol. The predicted molar refractivity (Wildman–Crippen MR) is 90.4 cm³/mol. The fourth-order valence-corrected chi connectivity index (χ4v) is 3.28. The average Bonchev–Trinajstić information content (AvgIpc) is 2.96. The largest absolute Gasteiger partial charge is 0.356 e. The summed E-state index contributed by atoms with van der Waals surface area (Å²) in [4.78, 5) is 30.1. The Labute approximate surface area is 141 Å². The second kappa shape index (κ2) is 6.19. The van der Waals surface area contributed by atoms with Crippen LogP contribution < -0.4 is 4.90 Å². The summed E-state index contributed by atoms with van der Waals surface area (Å²) in [5.41, 5.74) is 3.24. The summed E-state index contributed by atoms with van der Waals surface area (Å²) in [6, 6.07) is 3.92. The fraction of sp³-hybridized carbons (Fsp3) is 0.444. The maximum absolute atomic E-state index is 12.6. The van der Waals surface area contributed by atoms with Gasteiger partial charge >= 0.3 is 0 Å². The van der Waals surface area contributed by atoms with Crippen molar-refractivity contribution in [3.05, 3.63) is 47.2 Å². The van der Waals surface area contributed by atoms with Crippen molar-refractivity contribution < 1.29 is 4.79 Å². The molecule has 0 saturated carbocycles. The van der Waals surface area contributed by atoms with E-state index in [-0.39, 0.29) is 5.91 Å². The molecule has 1 saturated heterocycles. The van der Waals surface area contributed by atoms with Gasteiger partial charge in [0, 0.05) is 37.5 Å². The van der Waals surface area contributed by atoms with Gasteiger partial charge in [-0.3, -0.25) is 9.78 Å². The zero-order valence-electron chi connectivity index (χ0n) is 13.9. The highest BCUT2D eigenvalue weighted by atomic mass is 16.2. The van der Waals surface area contributed by atoms with Crippen LogP contribution in [0.2, 0.25) is 0 Å². The molecule has 2 aliphatic rings. The van der Waals surface area contributed by atoms with Crippen LogP contribution in [0.4, 0.5) is 5.82 Å². The first kappa shape index (κ1) is 15.1. The van der Waals surface area contributed by atoms with Crippen LogP contribution in [0, 0.1) is 6.92 Å². The van der Waals surface area contributed by atoms with Crippen molar-refractivity contribution in [1.82, 2.24) is 19.9 Å². The maximum Gasteiger partial charge on any atom is 0.223 e. The number of hydrogen-bond acceptors (Lipinski definition) is 5. The average molecular weight is 323 g/mol. The van der Waals surface area contributed by atoms with Gasteiger partial charge in [0.05, 0.1) is 18.8 Å². The zero-order chi connectivity index (χ0) is 16.5. The lowest BCUT2D eigenvalue weighted by molar-refractivity contribution is -0.131. The summed E-state index contributed by atoms with van der Waals surface area (Å²) in [5, 5.41) is 0. The van der Waals surface area contributed by atoms with Crippen molar-refractivity contribution in [2.45, 2.75) is 39.3 Å². The number of pyridine rings is 1. The Morgan fingerprint density at radius 1 is 1.25 bits per heavy atom. The van der Waals surface area contributed by atoms with Gasteiger partial charge in [0.1, 0.15) is 11.6 Å². The van der Waals surface area contributed by atoms with Gasteiger partial charge in [-0.2, -0.15) is 0 Å². The summed E-state index contributed by atoms with van der Waals surface area (Å²) >= 11 is 0. The van der Waals surface area contributed by atoms with E-state index in [1.165, 1.54) is 6.42 Å². The Morgan fingerprint density at radius 2 is 2.12 bits per heavy atom. The molecule has 0 unspecified atom stereocenters. The van der Waals surface area contributed by atoms with Gasteiger partial charge in [-0.15, -0.1) is 0 Å². The van der Waals surface area contributed by atoms with Crippen LogP contribution in [0.3, 0.4) is 0 Å². The Balaban J connectivity index is 1.46. The molecule has 0 aliphatic carbocycles. The molecule has 24 heavy (non-hydrogen) atoms. The standard InChI is InChI=1S/C18H21N5O/c1-13-20-16-12-23(11-15(16)18(21-13)22-8-3-9-22)17(24)6-5-14-4-2-7-19-10-14/h2,4,7,10H,3,5-6,8-9,11-12H2,1H3. The number of anilines is 1. The minimum absolute atomic E-state index is 0.170. The molecular formula is C18H21N5O. The molecule has 6 heteroatoms. The number of hydrogen-bond donors (Lipinski definition) is 0. The third-order valence-corrected chi connectivity index (χ3v) is 4.73. The van der Waals surface area contributed by atoms with Crippen LogP contribution in [-0.4, -0.2) is 38.8 Å². The molecule has 124 valence electrons. The van der Waals surface area contributed by atoms with Gasteiger partial charge in [-0.1, -0.05) is 6.07 Å². The molecule has 0 N–H and O–H groups in total. The first-order chi connectivity index (χ1) is 11.7. The molecule has 2 aromatic heterocycles. The molecule has 1 fully saturated rings. The van der Waals surface area contributed by atoms with Crippen molar-refractivity contribution in [1.29, 1.82) is 0 Å². The van der Waals surface area contributed by atoms with E-state index in [1.54, 1.807) is 6.20 Å². The highest BCUT2D eigenvalue weighted by Crippen LogP contribution is 2.31. The minimum Gasteiger partial charge on any atom is -0.356 e. The number of aromatic nitrogens is 3. The van der Waals surface area contributed by atoms with Crippen molar-refractivity contribution >= 4 is 11.7 Å². The number of fused-ring (bicyclic) bond motifs is 1. The van der Waals surface area contributed by atoms with Crippen LogP contribution in [-0.2, 0) is 24.3 Å². The van der Waals surface area contributed by atoms with Gasteiger partial charge in [-0.05, 0) is 31.4 Å². The van der Waals surface area contributed by atoms with Gasteiger partial charge < -0.3 is 9.80 Å². The van der Waals surface area contributed by atoms with Gasteiger partial charge in [-0.25, -0.2) is 9.97 Å². The van der Waals surface area contributed by atoms with Crippen molar-refractivity contribution in [3.63, 3.8) is 0 Å². The third-order valence-electron chi connectivity index (χ3n) is 4.73. The van der Waals surface area contributed by atoms with Gasteiger partial charge in [0.25, 0.3) is 0 Å². The normalized spacial score (nSPS) is 16.0. The lowest BCUT2D eigenvalue weighted by atomic mass is 10.1. The lowest BCUT2D eigenvalue weighted by Gasteiger charge is -2.33. The fourth-order valence-electron chi connectivity index (χ4n) is 3.28. The number of rotatable bonds is 4. The van der Waals surface area contributed by atoms with E-state index in [0.29, 0.717) is 19.5 Å². The first-order valence-corrected chi connectivity index (χ1v) is 8.49. The van der Waals surface area contributed by atoms with E-state index < -0.39 is 0 Å². The van der Waals surface area contributed by atoms with Crippen LogP contribution in [0.1, 0.15) is 35.5 Å². The Hall–Kier alpha value is -2.50. The van der Waals surface area contributed by atoms with Crippen LogP contribution in [0.5, 0.6) is 0 Å². The third kappa shape index (κ3) is 2.84. The van der Waals surface area contributed by atoms with E-state index in [2.05, 4.69) is 19.9 Å². The second-order valence-corrected chi connectivity index (χ2v) is 6.47. The molecule has 1 amide bonds. The molecule has 4 heterocycles. The van der Waals surface area contributed by atoms with Crippen molar-refractivity contribution in [2.24, 2.45) is 0 Å². The highest BCUT2D eigenvalue weighted by molar-refractivity contribution is 5.77. The van der Waals surface area contributed by atoms with E-state index in [0.717, 1.165) is 48.0 Å². The van der Waals surface area contributed by atoms with Crippen molar-refractivity contribution in [3.8, 4) is 0 Å². The monoisotopic (exact) mass is 323 g/mol. The van der Waals surface area contributed by atoms with E-state index in [4.69, 9.17) is 0 Å². The molecule has 0 atom stereocenters. The molecule has 2 aromatic rings. The quantitative estimate of drug-likeness (QED) is 0.859. The summed E-state index contributed by atoms with van der Waals surface area (Å²) in [5.74, 6) is 2.00. The van der Waals surface area contributed by atoms with Crippen LogP contribution >= 0.6 is 0 Å². The van der Waals surface area contributed by atoms with Crippen LogP contribution in [0.25, 0.3) is 0 Å². The molecule has 0 radical (unpaired) electrons. The maximum atomic E-state index is 12.6. The number of carbonyl (C=O) groups is 1. The Morgan fingerprint density at radius 3 is 2.83 bits per heavy atom. The van der Waals surface area contributed by atoms with E-state index in [1.807, 2.05) is 30.2 Å². The van der Waals surface area contributed by atoms with E-state index >= 15 is 0 Å². The second-order valence-electron chi connectivity index (χ2n) is 6.47. The summed E-state index contributed by atoms with van der Waals surface area (Å²) in [6.45, 7) is 5.27. The predicted octanol–water partition coefficient (Wildman–Crippen LogP) is 1.87. The zero-order valence-corrected chi connectivity index (χ0v) is 13.9. The summed E-state index contributed by atoms with van der Waals surface area (Å²) in [6.07, 6.45) is 6.02. The summed E-state index contributed by atoms with van der Waals surface area (Å²) < 4.78 is 0. The SMILES string of the molecule is Cc1nc2c(c(N3CCC3)n1)CN(C(=O)CCc1cccnc1)C2. The molecule has 4 rings (SSSR count). The minimum atomic E-state index is 0.170. The molecule has 6 nitrogen and oxygen atoms in total. The topological polar surface area (TPSA) is 62.2 Å². The number of nitrogens with zero attached hydrogens (tertiary/aromatic N) is 5. The van der Waals surface area contributed by atoms with Crippen LogP contribution in [0.15, 0.2) is 24.5 Å². The number of carbonyl (C=O) groups excluding carboxylic acids is 1. The molecule has 0 bridgehead atoms. The smallest absolute Gasteiger partial charge is 0.223 e.